The molecule has 0 fully saturated rings. The van der Waals surface area contributed by atoms with Crippen LogP contribution < -0.4 is 5.69 Å². The van der Waals surface area contributed by atoms with Gasteiger partial charge in [0.05, 0.1) is 16.6 Å². The van der Waals surface area contributed by atoms with Crippen LogP contribution in [0.5, 0.6) is 0 Å². The molecule has 0 N–H and O–H groups in total. The minimum Gasteiger partial charge on any atom is -0.466 e. The number of aromatic nitrogens is 2. The number of ketones is 1. The predicted octanol–water partition coefficient (Wildman–Crippen LogP) is 2.32. The Hall–Kier alpha value is -2.56. The molecule has 0 saturated carbocycles. The van der Waals surface area contributed by atoms with Gasteiger partial charge in [-0.3, -0.25) is 13.9 Å². The van der Waals surface area contributed by atoms with E-state index < -0.39 is 0 Å². The summed E-state index contributed by atoms with van der Waals surface area (Å²) in [6.45, 7) is 3.59. The molecule has 0 amide bonds. The third-order valence-electron chi connectivity index (χ3n) is 3.82. The number of carbonyl (C=O) groups excluding carboxylic acids is 1. The summed E-state index contributed by atoms with van der Waals surface area (Å²) in [5.41, 5.74) is 2.55. The lowest BCUT2D eigenvalue weighted by Gasteiger charge is -2.01. The smallest absolute Gasteiger partial charge is 0.328 e. The molecule has 0 spiro atoms. The molecule has 0 saturated heterocycles. The second-order valence-corrected chi connectivity index (χ2v) is 5.26. The summed E-state index contributed by atoms with van der Waals surface area (Å²) in [5, 5.41) is 0. The lowest BCUT2D eigenvalue weighted by Crippen LogP contribution is -2.19. The molecular weight excluding hydrogens is 268 g/mol. The van der Waals surface area contributed by atoms with Crippen molar-refractivity contribution in [1.82, 2.24) is 9.13 Å². The summed E-state index contributed by atoms with van der Waals surface area (Å²) in [4.78, 5) is 24.5. The number of carbonyl (C=O) groups is 1. The fourth-order valence-electron chi connectivity index (χ4n) is 2.66. The summed E-state index contributed by atoms with van der Waals surface area (Å²) in [5.74, 6) is 1.23. The minimum atomic E-state index is -0.107. The van der Waals surface area contributed by atoms with E-state index >= 15 is 0 Å². The van der Waals surface area contributed by atoms with Gasteiger partial charge in [0.2, 0.25) is 0 Å². The van der Waals surface area contributed by atoms with E-state index in [4.69, 9.17) is 4.42 Å². The molecule has 5 nitrogen and oxygen atoms in total. The van der Waals surface area contributed by atoms with Crippen LogP contribution in [0.3, 0.4) is 0 Å². The van der Waals surface area contributed by atoms with Crippen molar-refractivity contribution in [2.75, 3.05) is 0 Å². The van der Waals surface area contributed by atoms with E-state index in [0.29, 0.717) is 22.6 Å². The molecule has 0 unspecified atom stereocenters. The summed E-state index contributed by atoms with van der Waals surface area (Å²) in [7, 11) is 3.42. The zero-order valence-corrected chi connectivity index (χ0v) is 12.4. The van der Waals surface area contributed by atoms with Crippen molar-refractivity contribution in [1.29, 1.82) is 0 Å². The SMILES string of the molecule is Cc1cc(C(=O)c2ccc3c(c2)n(C)c(=O)n3C)c(C)o1. The quantitative estimate of drug-likeness (QED) is 0.679. The number of rotatable bonds is 2. The number of hydrogen-bond acceptors (Lipinski definition) is 3. The zero-order chi connectivity index (χ0) is 15.3. The normalized spacial score (nSPS) is 11.2. The van der Waals surface area contributed by atoms with Gasteiger partial charge in [-0.15, -0.1) is 0 Å². The maximum atomic E-state index is 12.6. The van der Waals surface area contributed by atoms with Crippen LogP contribution in [0, 0.1) is 13.8 Å². The van der Waals surface area contributed by atoms with E-state index in [1.807, 2.05) is 6.92 Å². The van der Waals surface area contributed by atoms with Crippen molar-refractivity contribution < 1.29 is 9.21 Å². The third kappa shape index (κ3) is 1.93. The van der Waals surface area contributed by atoms with E-state index in [1.54, 1.807) is 54.4 Å². The van der Waals surface area contributed by atoms with Crippen LogP contribution >= 0.6 is 0 Å². The van der Waals surface area contributed by atoms with Crippen LogP contribution in [0.15, 0.2) is 33.5 Å². The van der Waals surface area contributed by atoms with Crippen molar-refractivity contribution >= 4 is 16.8 Å². The van der Waals surface area contributed by atoms with E-state index in [1.165, 1.54) is 0 Å². The largest absolute Gasteiger partial charge is 0.466 e. The predicted molar refractivity (Wildman–Crippen MR) is 79.8 cm³/mol. The average molecular weight is 284 g/mol. The topological polar surface area (TPSA) is 57.1 Å². The molecule has 3 aromatic rings. The first-order valence-electron chi connectivity index (χ1n) is 6.67. The molecular formula is C16H16N2O3. The number of fused-ring (bicyclic) bond motifs is 1. The van der Waals surface area contributed by atoms with Crippen molar-refractivity contribution in [3.63, 3.8) is 0 Å². The molecule has 108 valence electrons. The Labute approximate surface area is 121 Å². The van der Waals surface area contributed by atoms with Gasteiger partial charge < -0.3 is 4.42 Å². The number of hydrogen-bond donors (Lipinski definition) is 0. The van der Waals surface area contributed by atoms with Crippen LogP contribution in [-0.4, -0.2) is 14.9 Å². The van der Waals surface area contributed by atoms with Gasteiger partial charge in [0.1, 0.15) is 11.5 Å². The van der Waals surface area contributed by atoms with Crippen LogP contribution in [0.2, 0.25) is 0 Å². The first-order chi connectivity index (χ1) is 9.90. The molecule has 0 aliphatic rings. The van der Waals surface area contributed by atoms with Gasteiger partial charge in [-0.2, -0.15) is 0 Å². The highest BCUT2D eigenvalue weighted by molar-refractivity contribution is 6.11. The molecule has 5 heteroatoms. The number of nitrogens with zero attached hydrogens (tertiary/aromatic N) is 2. The summed E-state index contributed by atoms with van der Waals surface area (Å²) >= 11 is 0. The van der Waals surface area contributed by atoms with Crippen LogP contribution in [0.4, 0.5) is 0 Å². The number of benzene rings is 1. The lowest BCUT2D eigenvalue weighted by molar-refractivity contribution is 0.103. The fraction of sp³-hybridized carbons (Fsp3) is 0.250. The molecule has 3 rings (SSSR count). The van der Waals surface area contributed by atoms with Gasteiger partial charge in [0.15, 0.2) is 5.78 Å². The lowest BCUT2D eigenvalue weighted by atomic mass is 10.0. The van der Waals surface area contributed by atoms with Crippen molar-refractivity contribution in [3.05, 3.63) is 57.4 Å². The average Bonchev–Trinajstić information content (AvgIpc) is 2.91. The van der Waals surface area contributed by atoms with Gasteiger partial charge in [-0.25, -0.2) is 4.79 Å². The highest BCUT2D eigenvalue weighted by atomic mass is 16.3. The second-order valence-electron chi connectivity index (χ2n) is 5.26. The number of aryl methyl sites for hydroxylation is 4. The Bertz CT molecular complexity index is 925. The maximum Gasteiger partial charge on any atom is 0.328 e. The van der Waals surface area contributed by atoms with Crippen molar-refractivity contribution in [3.8, 4) is 0 Å². The van der Waals surface area contributed by atoms with Gasteiger partial charge >= 0.3 is 5.69 Å². The summed E-state index contributed by atoms with van der Waals surface area (Å²) < 4.78 is 8.52. The zero-order valence-electron chi connectivity index (χ0n) is 12.4. The molecule has 21 heavy (non-hydrogen) atoms. The van der Waals surface area contributed by atoms with E-state index in [9.17, 15) is 9.59 Å². The molecule has 0 atom stereocenters. The van der Waals surface area contributed by atoms with Crippen LogP contribution in [0.1, 0.15) is 27.4 Å². The summed E-state index contributed by atoms with van der Waals surface area (Å²) in [6.07, 6.45) is 0. The highest BCUT2D eigenvalue weighted by Crippen LogP contribution is 2.21. The first-order valence-corrected chi connectivity index (χ1v) is 6.67. The highest BCUT2D eigenvalue weighted by Gasteiger charge is 2.17. The van der Waals surface area contributed by atoms with Gasteiger partial charge in [0.25, 0.3) is 0 Å². The molecule has 0 aliphatic heterocycles. The van der Waals surface area contributed by atoms with Crippen LogP contribution in [0.25, 0.3) is 11.0 Å². The Morgan fingerprint density at radius 2 is 1.71 bits per heavy atom. The maximum absolute atomic E-state index is 12.6. The van der Waals surface area contributed by atoms with E-state index in [2.05, 4.69) is 0 Å². The Kier molecular flexibility index (Phi) is 2.86. The molecule has 2 aromatic heterocycles. The standard InChI is InChI=1S/C16H16N2O3/c1-9-7-12(10(2)21-9)15(19)11-5-6-13-14(8-11)18(4)16(20)17(13)3/h5-8H,1-4H3. The summed E-state index contributed by atoms with van der Waals surface area (Å²) in [6, 6.07) is 7.03. The van der Waals surface area contributed by atoms with Crippen molar-refractivity contribution in [2.45, 2.75) is 13.8 Å². The molecule has 0 bridgehead atoms. The van der Waals surface area contributed by atoms with Gasteiger partial charge in [-0.1, -0.05) is 0 Å². The van der Waals surface area contributed by atoms with Gasteiger partial charge in [0, 0.05) is 19.7 Å². The number of imidazole rings is 1. The van der Waals surface area contributed by atoms with Crippen LogP contribution in [-0.2, 0) is 14.1 Å². The Morgan fingerprint density at radius 3 is 2.33 bits per heavy atom. The third-order valence-corrected chi connectivity index (χ3v) is 3.82. The molecule has 2 heterocycles. The first kappa shape index (κ1) is 13.4. The molecule has 1 aromatic carbocycles. The number of furan rings is 1. The minimum absolute atomic E-state index is 0.0949. The Balaban J connectivity index is 2.18. The molecule has 0 aliphatic carbocycles. The van der Waals surface area contributed by atoms with E-state index in [0.717, 1.165) is 11.0 Å². The molecule has 0 radical (unpaired) electrons. The van der Waals surface area contributed by atoms with Gasteiger partial charge in [-0.05, 0) is 38.1 Å². The monoisotopic (exact) mass is 284 g/mol. The fourth-order valence-corrected chi connectivity index (χ4v) is 2.66. The second kappa shape index (κ2) is 4.48. The van der Waals surface area contributed by atoms with E-state index in [-0.39, 0.29) is 11.5 Å². The Morgan fingerprint density at radius 1 is 1.05 bits per heavy atom. The van der Waals surface area contributed by atoms with Crippen molar-refractivity contribution in [2.24, 2.45) is 14.1 Å².